The Balaban J connectivity index is 0.00000132. The summed E-state index contributed by atoms with van der Waals surface area (Å²) in [4.78, 5) is 2.60. The van der Waals surface area contributed by atoms with Crippen LogP contribution in [0.4, 0.5) is 0 Å². The van der Waals surface area contributed by atoms with Gasteiger partial charge < -0.3 is 15.3 Å². The Morgan fingerprint density at radius 1 is 1.30 bits per heavy atom. The molecule has 0 spiro atoms. The molecule has 0 amide bonds. The first-order valence-electron chi connectivity index (χ1n) is 8.70. The predicted octanol–water partition coefficient (Wildman–Crippen LogP) is 3.26. The van der Waals surface area contributed by atoms with Gasteiger partial charge in [0.15, 0.2) is 0 Å². The van der Waals surface area contributed by atoms with E-state index in [9.17, 15) is 5.11 Å². The van der Waals surface area contributed by atoms with Crippen molar-refractivity contribution in [1.82, 2.24) is 10.2 Å². The molecule has 2 heterocycles. The molecule has 0 aromatic heterocycles. The summed E-state index contributed by atoms with van der Waals surface area (Å²) in [7, 11) is 0. The second-order valence-corrected chi connectivity index (χ2v) is 8.33. The van der Waals surface area contributed by atoms with Crippen LogP contribution in [0.2, 0.25) is 0 Å². The average molecular weight is 365 g/mol. The number of nitrogens with zero attached hydrogens (tertiary/aromatic N) is 1. The van der Waals surface area contributed by atoms with E-state index in [1.807, 2.05) is 0 Å². The summed E-state index contributed by atoms with van der Waals surface area (Å²) in [6.07, 6.45) is 5.21. The second kappa shape index (κ2) is 8.05. The predicted molar refractivity (Wildman–Crippen MR) is 102 cm³/mol. The van der Waals surface area contributed by atoms with Crippen LogP contribution >= 0.6 is 24.8 Å². The molecule has 2 saturated heterocycles. The molecule has 1 aliphatic carbocycles. The first-order chi connectivity index (χ1) is 9.97. The van der Waals surface area contributed by atoms with Crippen molar-refractivity contribution in [3.8, 4) is 0 Å². The summed E-state index contributed by atoms with van der Waals surface area (Å²) in [5.41, 5.74) is 3.89. The van der Waals surface area contributed by atoms with Gasteiger partial charge in [-0.2, -0.15) is 0 Å². The molecule has 136 valence electrons. The highest BCUT2D eigenvalue weighted by Gasteiger charge is 2.49. The maximum Gasteiger partial charge on any atom is 0.0515 e. The molecule has 2 unspecified atom stereocenters. The lowest BCUT2D eigenvalue weighted by Crippen LogP contribution is -2.36. The first kappa shape index (κ1) is 21.2. The Kier molecular flexibility index (Phi) is 7.44. The molecule has 2 fully saturated rings. The van der Waals surface area contributed by atoms with Crippen LogP contribution in [0.25, 0.3) is 0 Å². The molecule has 3 aliphatic rings. The zero-order valence-electron chi connectivity index (χ0n) is 14.9. The average Bonchev–Trinajstić information content (AvgIpc) is 2.94. The molecule has 0 bridgehead atoms. The van der Waals surface area contributed by atoms with Gasteiger partial charge in [0.25, 0.3) is 0 Å². The van der Waals surface area contributed by atoms with Crippen LogP contribution in [0.5, 0.6) is 0 Å². The molecule has 2 N–H and O–H groups in total. The van der Waals surface area contributed by atoms with E-state index in [1.54, 1.807) is 11.1 Å². The van der Waals surface area contributed by atoms with Crippen LogP contribution in [0.3, 0.4) is 0 Å². The van der Waals surface area contributed by atoms with Crippen molar-refractivity contribution < 1.29 is 5.11 Å². The lowest BCUT2D eigenvalue weighted by atomic mass is 9.71. The Morgan fingerprint density at radius 3 is 2.65 bits per heavy atom. The standard InChI is InChI=1S/C18H32N2O.2ClH/c1-14-5-4-7-17(2,3)16(14)6-8-20-10-15-9-19-11-18(15,12-20)13-21;;/h15,19,21H,4-13H2,1-3H3;2*1H. The van der Waals surface area contributed by atoms with Crippen molar-refractivity contribution in [2.24, 2.45) is 16.7 Å². The Bertz CT molecular complexity index is 439. The SMILES string of the molecule is CC1=C(CCN2CC3CNCC3(CO)C2)C(C)(C)CCC1.Cl.Cl. The summed E-state index contributed by atoms with van der Waals surface area (Å²) >= 11 is 0. The number of fused-ring (bicyclic) bond motifs is 1. The second-order valence-electron chi connectivity index (χ2n) is 8.33. The number of allylic oxidation sites excluding steroid dienone is 1. The Morgan fingerprint density at radius 2 is 2.04 bits per heavy atom. The van der Waals surface area contributed by atoms with Gasteiger partial charge in [0.05, 0.1) is 6.61 Å². The molecule has 3 rings (SSSR count). The molecule has 0 radical (unpaired) electrons. The van der Waals surface area contributed by atoms with Crippen molar-refractivity contribution >= 4 is 24.8 Å². The van der Waals surface area contributed by atoms with Gasteiger partial charge in [0.2, 0.25) is 0 Å². The molecule has 0 aromatic carbocycles. The van der Waals surface area contributed by atoms with Gasteiger partial charge in [-0.15, -0.1) is 24.8 Å². The maximum absolute atomic E-state index is 9.81. The largest absolute Gasteiger partial charge is 0.396 e. The van der Waals surface area contributed by atoms with Crippen LogP contribution < -0.4 is 5.32 Å². The molecular weight excluding hydrogens is 331 g/mol. The molecule has 0 saturated carbocycles. The van der Waals surface area contributed by atoms with Gasteiger partial charge in [-0.1, -0.05) is 25.0 Å². The lowest BCUT2D eigenvalue weighted by molar-refractivity contribution is 0.124. The highest BCUT2D eigenvalue weighted by atomic mass is 35.5. The third-order valence-electron chi connectivity index (χ3n) is 6.43. The van der Waals surface area contributed by atoms with Crippen LogP contribution in [0, 0.1) is 16.7 Å². The van der Waals surface area contributed by atoms with E-state index in [2.05, 4.69) is 31.0 Å². The molecular formula is C18H34Cl2N2O. The quantitative estimate of drug-likeness (QED) is 0.751. The lowest BCUT2D eigenvalue weighted by Gasteiger charge is -2.35. The van der Waals surface area contributed by atoms with Crippen molar-refractivity contribution in [1.29, 1.82) is 0 Å². The normalized spacial score (nSPS) is 33.1. The van der Waals surface area contributed by atoms with Gasteiger partial charge in [-0.05, 0) is 50.5 Å². The minimum absolute atomic E-state index is 0. The number of hydrogen-bond donors (Lipinski definition) is 2. The van der Waals surface area contributed by atoms with Gasteiger partial charge in [-0.3, -0.25) is 0 Å². The minimum atomic E-state index is 0. The van der Waals surface area contributed by atoms with Gasteiger partial charge >= 0.3 is 0 Å². The highest BCUT2D eigenvalue weighted by molar-refractivity contribution is 5.85. The summed E-state index contributed by atoms with van der Waals surface area (Å²) in [6, 6.07) is 0. The summed E-state index contributed by atoms with van der Waals surface area (Å²) < 4.78 is 0. The molecule has 0 aromatic rings. The number of nitrogens with one attached hydrogen (secondary N) is 1. The van der Waals surface area contributed by atoms with E-state index in [-0.39, 0.29) is 30.2 Å². The molecule has 23 heavy (non-hydrogen) atoms. The third-order valence-corrected chi connectivity index (χ3v) is 6.43. The van der Waals surface area contributed by atoms with E-state index in [0.29, 0.717) is 17.9 Å². The fourth-order valence-electron chi connectivity index (χ4n) is 5.02. The van der Waals surface area contributed by atoms with Gasteiger partial charge in [0, 0.05) is 31.6 Å². The fraction of sp³-hybridized carbons (Fsp3) is 0.889. The van der Waals surface area contributed by atoms with Crippen LogP contribution in [-0.4, -0.2) is 49.3 Å². The van der Waals surface area contributed by atoms with Crippen LogP contribution in [0.1, 0.15) is 46.5 Å². The smallest absolute Gasteiger partial charge is 0.0515 e. The summed E-state index contributed by atoms with van der Waals surface area (Å²) in [5, 5.41) is 13.3. The van der Waals surface area contributed by atoms with E-state index in [4.69, 9.17) is 0 Å². The first-order valence-corrected chi connectivity index (χ1v) is 8.70. The zero-order chi connectivity index (χ0) is 15.1. The van der Waals surface area contributed by atoms with Crippen LogP contribution in [0.15, 0.2) is 11.1 Å². The molecule has 2 atom stereocenters. The van der Waals surface area contributed by atoms with E-state index in [0.717, 1.165) is 19.6 Å². The number of aliphatic hydroxyl groups excluding tert-OH is 1. The van der Waals surface area contributed by atoms with Crippen LogP contribution in [-0.2, 0) is 0 Å². The highest BCUT2D eigenvalue weighted by Crippen LogP contribution is 2.43. The van der Waals surface area contributed by atoms with E-state index < -0.39 is 0 Å². The number of rotatable bonds is 4. The summed E-state index contributed by atoms with van der Waals surface area (Å²) in [5.74, 6) is 0.650. The monoisotopic (exact) mass is 364 g/mol. The molecule has 5 heteroatoms. The minimum Gasteiger partial charge on any atom is -0.396 e. The van der Waals surface area contributed by atoms with Gasteiger partial charge in [-0.25, -0.2) is 0 Å². The number of halogens is 2. The number of likely N-dealkylation sites (tertiary alicyclic amines) is 1. The van der Waals surface area contributed by atoms with Crippen molar-refractivity contribution in [3.05, 3.63) is 11.1 Å². The van der Waals surface area contributed by atoms with Crippen molar-refractivity contribution in [2.45, 2.75) is 46.5 Å². The third kappa shape index (κ3) is 4.07. The van der Waals surface area contributed by atoms with Gasteiger partial charge in [0.1, 0.15) is 0 Å². The topological polar surface area (TPSA) is 35.5 Å². The molecule has 3 nitrogen and oxygen atoms in total. The number of aliphatic hydroxyl groups is 1. The fourth-order valence-corrected chi connectivity index (χ4v) is 5.02. The number of hydrogen-bond acceptors (Lipinski definition) is 3. The van der Waals surface area contributed by atoms with E-state index >= 15 is 0 Å². The van der Waals surface area contributed by atoms with E-state index in [1.165, 1.54) is 38.8 Å². The zero-order valence-corrected chi connectivity index (χ0v) is 16.5. The summed E-state index contributed by atoms with van der Waals surface area (Å²) in [6.45, 7) is 13.0. The van der Waals surface area contributed by atoms with Crippen molar-refractivity contribution in [3.63, 3.8) is 0 Å². The Labute approximate surface area is 154 Å². The Hall–Kier alpha value is 0.200. The van der Waals surface area contributed by atoms with Crippen molar-refractivity contribution in [2.75, 3.05) is 39.3 Å². The maximum atomic E-state index is 9.81. The molecule has 2 aliphatic heterocycles.